The molecular weight excluding hydrogens is 316 g/mol. The molecule has 0 aliphatic carbocycles. The Balaban J connectivity index is 1.80. The van der Waals surface area contributed by atoms with Crippen LogP contribution in [0.1, 0.15) is 12.5 Å². The Morgan fingerprint density at radius 1 is 1.25 bits per heavy atom. The number of hydrogen-bond donors (Lipinski definition) is 1. The predicted octanol–water partition coefficient (Wildman–Crippen LogP) is 4.65. The minimum atomic E-state index is 0.285. The first-order chi connectivity index (χ1) is 11.7. The largest absolute Gasteiger partial charge is 0.396 e. The van der Waals surface area contributed by atoms with E-state index in [-0.39, 0.29) is 6.61 Å². The second kappa shape index (κ2) is 7.79. The van der Waals surface area contributed by atoms with Crippen LogP contribution in [0.3, 0.4) is 0 Å². The van der Waals surface area contributed by atoms with Crippen molar-refractivity contribution in [3.05, 3.63) is 54.1 Å². The number of benzene rings is 2. The molecular formula is C20H22N2OS. The lowest BCUT2D eigenvalue weighted by molar-refractivity contribution is 0.125. The summed E-state index contributed by atoms with van der Waals surface area (Å²) in [5.41, 5.74) is 4.30. The van der Waals surface area contributed by atoms with Crippen LogP contribution in [-0.4, -0.2) is 35.8 Å². The summed E-state index contributed by atoms with van der Waals surface area (Å²) in [6.07, 6.45) is 4.05. The standard InChI is InChI=1S/C20H22N2OS/c1-3-5-16-8-9-18(11-20(16)21-2)17-6-4-7-19(10-17)24-22-12-15(13-22)14-23/h3-11,15,23H,2,12-14H2,1H3/b5-3-. The van der Waals surface area contributed by atoms with Crippen molar-refractivity contribution < 1.29 is 5.11 Å². The van der Waals surface area contributed by atoms with Gasteiger partial charge in [-0.15, -0.1) is 0 Å². The van der Waals surface area contributed by atoms with E-state index in [0.717, 1.165) is 29.9 Å². The summed E-state index contributed by atoms with van der Waals surface area (Å²) in [6, 6.07) is 14.8. The summed E-state index contributed by atoms with van der Waals surface area (Å²) < 4.78 is 2.28. The van der Waals surface area contributed by atoms with Crippen molar-refractivity contribution in [1.82, 2.24) is 4.31 Å². The average Bonchev–Trinajstić information content (AvgIpc) is 2.58. The van der Waals surface area contributed by atoms with Crippen LogP contribution in [0.4, 0.5) is 5.69 Å². The number of hydrogen-bond acceptors (Lipinski definition) is 4. The molecule has 0 radical (unpaired) electrons. The molecule has 124 valence electrons. The summed E-state index contributed by atoms with van der Waals surface area (Å²) in [4.78, 5) is 5.37. The molecule has 1 aliphatic rings. The predicted molar refractivity (Wildman–Crippen MR) is 104 cm³/mol. The van der Waals surface area contributed by atoms with Crippen LogP contribution in [0.15, 0.2) is 58.4 Å². The molecule has 2 aromatic carbocycles. The minimum absolute atomic E-state index is 0.285. The Morgan fingerprint density at radius 2 is 2.04 bits per heavy atom. The van der Waals surface area contributed by atoms with Crippen LogP contribution < -0.4 is 0 Å². The van der Waals surface area contributed by atoms with E-state index >= 15 is 0 Å². The van der Waals surface area contributed by atoms with Gasteiger partial charge in [-0.2, -0.15) is 0 Å². The second-order valence-corrected chi connectivity index (χ2v) is 7.12. The van der Waals surface area contributed by atoms with Crippen LogP contribution >= 0.6 is 11.9 Å². The Hall–Kier alpha value is -1.88. The van der Waals surface area contributed by atoms with Gasteiger partial charge >= 0.3 is 0 Å². The quantitative estimate of drug-likeness (QED) is 0.615. The van der Waals surface area contributed by atoms with Gasteiger partial charge in [-0.25, -0.2) is 4.31 Å². The van der Waals surface area contributed by atoms with Crippen molar-refractivity contribution in [3.8, 4) is 11.1 Å². The first-order valence-electron chi connectivity index (χ1n) is 8.11. The number of nitrogens with zero attached hydrogens (tertiary/aromatic N) is 2. The number of rotatable bonds is 6. The normalized spacial score (nSPS) is 15.6. The van der Waals surface area contributed by atoms with Crippen molar-refractivity contribution in [2.45, 2.75) is 11.8 Å². The third-order valence-corrected chi connectivity index (χ3v) is 5.15. The molecule has 1 N–H and O–H groups in total. The Labute approximate surface area is 147 Å². The fourth-order valence-corrected chi connectivity index (χ4v) is 3.96. The maximum atomic E-state index is 9.12. The molecule has 0 unspecified atom stereocenters. The summed E-state index contributed by atoms with van der Waals surface area (Å²) in [6.45, 7) is 7.87. The Morgan fingerprint density at radius 3 is 2.75 bits per heavy atom. The number of aliphatic imine (C=N–C) groups is 1. The molecule has 3 nitrogen and oxygen atoms in total. The smallest absolute Gasteiger partial charge is 0.0700 e. The molecule has 0 atom stereocenters. The fraction of sp³-hybridized carbons (Fsp3) is 0.250. The lowest BCUT2D eigenvalue weighted by Crippen LogP contribution is -2.43. The van der Waals surface area contributed by atoms with Crippen LogP contribution in [-0.2, 0) is 0 Å². The number of aliphatic hydroxyl groups is 1. The molecule has 1 aliphatic heterocycles. The van der Waals surface area contributed by atoms with Gasteiger partial charge in [-0.05, 0) is 60.5 Å². The van der Waals surface area contributed by atoms with E-state index in [0.29, 0.717) is 5.92 Å². The summed E-state index contributed by atoms with van der Waals surface area (Å²) in [5, 5.41) is 9.12. The highest BCUT2D eigenvalue weighted by atomic mass is 32.2. The molecule has 0 saturated carbocycles. The zero-order chi connectivity index (χ0) is 16.9. The molecule has 1 fully saturated rings. The highest BCUT2D eigenvalue weighted by Crippen LogP contribution is 2.34. The van der Waals surface area contributed by atoms with E-state index in [1.54, 1.807) is 11.9 Å². The van der Waals surface area contributed by atoms with Crippen LogP contribution in [0.25, 0.3) is 17.2 Å². The third-order valence-electron chi connectivity index (χ3n) is 4.13. The summed E-state index contributed by atoms with van der Waals surface area (Å²) in [5.74, 6) is 0.432. The summed E-state index contributed by atoms with van der Waals surface area (Å²) in [7, 11) is 0. The number of aliphatic hydroxyl groups excluding tert-OH is 1. The monoisotopic (exact) mass is 338 g/mol. The highest BCUT2D eigenvalue weighted by molar-refractivity contribution is 7.97. The lowest BCUT2D eigenvalue weighted by atomic mass is 10.0. The maximum absolute atomic E-state index is 9.12. The van der Waals surface area contributed by atoms with Crippen LogP contribution in [0.5, 0.6) is 0 Å². The van der Waals surface area contributed by atoms with Crippen LogP contribution in [0.2, 0.25) is 0 Å². The lowest BCUT2D eigenvalue weighted by Gasteiger charge is -2.36. The van der Waals surface area contributed by atoms with Crippen molar-refractivity contribution in [2.75, 3.05) is 19.7 Å². The molecule has 1 saturated heterocycles. The van der Waals surface area contributed by atoms with Gasteiger partial charge in [0.15, 0.2) is 0 Å². The van der Waals surface area contributed by atoms with E-state index < -0.39 is 0 Å². The summed E-state index contributed by atoms with van der Waals surface area (Å²) >= 11 is 1.75. The van der Waals surface area contributed by atoms with Crippen molar-refractivity contribution in [1.29, 1.82) is 0 Å². The molecule has 2 aromatic rings. The van der Waals surface area contributed by atoms with Crippen LogP contribution in [0, 0.1) is 5.92 Å². The first kappa shape index (κ1) is 17.0. The van der Waals surface area contributed by atoms with E-state index in [1.807, 2.05) is 19.1 Å². The molecule has 24 heavy (non-hydrogen) atoms. The van der Waals surface area contributed by atoms with Gasteiger partial charge in [-0.1, -0.05) is 36.4 Å². The topological polar surface area (TPSA) is 35.8 Å². The fourth-order valence-electron chi connectivity index (χ4n) is 2.77. The van der Waals surface area contributed by atoms with E-state index in [2.05, 4.69) is 58.5 Å². The molecule has 0 aromatic heterocycles. The van der Waals surface area contributed by atoms with Gasteiger partial charge < -0.3 is 5.11 Å². The zero-order valence-corrected chi connectivity index (χ0v) is 14.7. The molecule has 3 rings (SSSR count). The molecule has 0 spiro atoms. The van der Waals surface area contributed by atoms with E-state index in [1.165, 1.54) is 10.5 Å². The molecule has 4 heteroatoms. The molecule has 0 bridgehead atoms. The maximum Gasteiger partial charge on any atom is 0.0700 e. The van der Waals surface area contributed by atoms with Gasteiger partial charge in [0.2, 0.25) is 0 Å². The Kier molecular flexibility index (Phi) is 5.51. The first-order valence-corrected chi connectivity index (χ1v) is 8.88. The van der Waals surface area contributed by atoms with E-state index in [4.69, 9.17) is 5.11 Å². The van der Waals surface area contributed by atoms with Gasteiger partial charge in [0, 0.05) is 30.5 Å². The van der Waals surface area contributed by atoms with Crippen molar-refractivity contribution in [2.24, 2.45) is 10.9 Å². The molecule has 1 heterocycles. The minimum Gasteiger partial charge on any atom is -0.396 e. The van der Waals surface area contributed by atoms with Gasteiger partial charge in [0.05, 0.1) is 5.69 Å². The number of allylic oxidation sites excluding steroid dienone is 1. The van der Waals surface area contributed by atoms with Crippen molar-refractivity contribution >= 4 is 30.4 Å². The third kappa shape index (κ3) is 3.78. The van der Waals surface area contributed by atoms with Gasteiger partial charge in [-0.3, -0.25) is 4.99 Å². The van der Waals surface area contributed by atoms with Crippen molar-refractivity contribution in [3.63, 3.8) is 0 Å². The zero-order valence-electron chi connectivity index (χ0n) is 13.9. The molecule has 0 amide bonds. The van der Waals surface area contributed by atoms with Gasteiger partial charge in [0.25, 0.3) is 0 Å². The second-order valence-electron chi connectivity index (χ2n) is 5.95. The van der Waals surface area contributed by atoms with Gasteiger partial charge in [0.1, 0.15) is 0 Å². The Bertz CT molecular complexity index is 751. The average molecular weight is 338 g/mol. The van der Waals surface area contributed by atoms with E-state index in [9.17, 15) is 0 Å². The highest BCUT2D eigenvalue weighted by Gasteiger charge is 2.26. The SMILES string of the molecule is C=Nc1cc(-c2cccc(SN3CC(CO)C3)c2)ccc1/C=C\C.